The minimum atomic E-state index is -3.14. The summed E-state index contributed by atoms with van der Waals surface area (Å²) in [5.41, 5.74) is 2.25. The van der Waals surface area contributed by atoms with Gasteiger partial charge in [-0.15, -0.1) is 0 Å². The average Bonchev–Trinajstić information content (AvgIpc) is 3.11. The molecule has 1 aliphatic rings. The minimum Gasteiger partial charge on any atom is -0.427 e. The number of nitrogens with one attached hydrogen (secondary N) is 1. The molecule has 1 unspecified atom stereocenters. The first-order valence-electron chi connectivity index (χ1n) is 9.15. The van der Waals surface area contributed by atoms with Gasteiger partial charge in [0.25, 0.3) is 0 Å². The van der Waals surface area contributed by atoms with E-state index < -0.39 is 23.0 Å². The van der Waals surface area contributed by atoms with Gasteiger partial charge in [-0.25, -0.2) is 0 Å². The molecular formula is C20H19F2N3O4. The standard InChI is InChI=1S/C20H19F2N3O4/c21-20(22)29-19-10-14(5-6-18(19)25(26)27)24-7-8-28-12-15(24)9-13-11-23-17-4-2-1-3-16(13)17/h1-6,10-11,15,20,23H,7-9,12H2. The molecule has 1 fully saturated rings. The van der Waals surface area contributed by atoms with E-state index in [4.69, 9.17) is 4.74 Å². The second-order valence-electron chi connectivity index (χ2n) is 6.77. The van der Waals surface area contributed by atoms with E-state index in [0.29, 0.717) is 31.9 Å². The lowest BCUT2D eigenvalue weighted by molar-refractivity contribution is -0.386. The Morgan fingerprint density at radius 2 is 2.14 bits per heavy atom. The summed E-state index contributed by atoms with van der Waals surface area (Å²) in [5, 5.41) is 12.2. The summed E-state index contributed by atoms with van der Waals surface area (Å²) in [6.45, 7) is -1.66. The van der Waals surface area contributed by atoms with Gasteiger partial charge in [-0.1, -0.05) is 18.2 Å². The molecule has 1 aromatic heterocycles. The van der Waals surface area contributed by atoms with Crippen LogP contribution in [0.4, 0.5) is 20.2 Å². The van der Waals surface area contributed by atoms with Gasteiger partial charge in [0.05, 0.1) is 24.2 Å². The number of alkyl halides is 2. The Morgan fingerprint density at radius 3 is 2.93 bits per heavy atom. The van der Waals surface area contributed by atoms with Crippen molar-refractivity contribution >= 4 is 22.3 Å². The van der Waals surface area contributed by atoms with Crippen LogP contribution in [0.3, 0.4) is 0 Å². The first-order valence-corrected chi connectivity index (χ1v) is 9.15. The number of H-pyrrole nitrogens is 1. The van der Waals surface area contributed by atoms with Crippen LogP contribution in [0.1, 0.15) is 5.56 Å². The molecule has 7 nitrogen and oxygen atoms in total. The SMILES string of the molecule is O=[N+]([O-])c1ccc(N2CCOCC2Cc2c[nH]c3ccccc23)cc1OC(F)F. The third-order valence-corrected chi connectivity index (χ3v) is 5.05. The summed E-state index contributed by atoms with van der Waals surface area (Å²) >= 11 is 0. The van der Waals surface area contributed by atoms with Gasteiger partial charge in [-0.2, -0.15) is 8.78 Å². The van der Waals surface area contributed by atoms with Gasteiger partial charge < -0.3 is 19.4 Å². The molecule has 0 saturated carbocycles. The second-order valence-corrected chi connectivity index (χ2v) is 6.77. The highest BCUT2D eigenvalue weighted by molar-refractivity contribution is 5.83. The van der Waals surface area contributed by atoms with Gasteiger partial charge >= 0.3 is 12.3 Å². The highest BCUT2D eigenvalue weighted by atomic mass is 19.3. The number of benzene rings is 2. The van der Waals surface area contributed by atoms with Gasteiger partial charge in [0.1, 0.15) is 0 Å². The topological polar surface area (TPSA) is 80.6 Å². The Balaban J connectivity index is 1.64. The number of nitro groups is 1. The number of nitro benzene ring substituents is 1. The molecule has 1 atom stereocenters. The zero-order valence-corrected chi connectivity index (χ0v) is 15.4. The molecule has 0 spiro atoms. The van der Waals surface area contributed by atoms with Gasteiger partial charge in [0, 0.05) is 41.5 Å². The Morgan fingerprint density at radius 1 is 1.31 bits per heavy atom. The zero-order chi connectivity index (χ0) is 20.4. The maximum Gasteiger partial charge on any atom is 0.387 e. The van der Waals surface area contributed by atoms with Crippen molar-refractivity contribution in [3.05, 3.63) is 64.3 Å². The Labute approximate surface area is 165 Å². The maximum absolute atomic E-state index is 12.7. The molecule has 2 aromatic carbocycles. The van der Waals surface area contributed by atoms with E-state index in [1.807, 2.05) is 35.4 Å². The molecule has 1 N–H and O–H groups in total. The van der Waals surface area contributed by atoms with Crippen molar-refractivity contribution in [2.75, 3.05) is 24.7 Å². The van der Waals surface area contributed by atoms with Crippen LogP contribution in [-0.2, 0) is 11.2 Å². The first kappa shape index (κ1) is 19.1. The number of hydrogen-bond acceptors (Lipinski definition) is 5. The van der Waals surface area contributed by atoms with Crippen LogP contribution in [0.2, 0.25) is 0 Å². The lowest BCUT2D eigenvalue weighted by Gasteiger charge is -2.37. The predicted molar refractivity (Wildman–Crippen MR) is 104 cm³/mol. The van der Waals surface area contributed by atoms with E-state index in [1.54, 1.807) is 6.07 Å². The van der Waals surface area contributed by atoms with Crippen molar-refractivity contribution in [2.45, 2.75) is 19.1 Å². The number of para-hydroxylation sites is 1. The first-order chi connectivity index (χ1) is 14.0. The van der Waals surface area contributed by atoms with Gasteiger partial charge in [-0.05, 0) is 24.1 Å². The van der Waals surface area contributed by atoms with E-state index in [0.717, 1.165) is 16.5 Å². The second kappa shape index (κ2) is 8.04. The lowest BCUT2D eigenvalue weighted by atomic mass is 10.0. The van der Waals surface area contributed by atoms with Crippen LogP contribution >= 0.6 is 0 Å². The molecule has 1 saturated heterocycles. The quantitative estimate of drug-likeness (QED) is 0.495. The highest BCUT2D eigenvalue weighted by Gasteiger charge is 2.27. The van der Waals surface area contributed by atoms with Crippen LogP contribution in [0, 0.1) is 10.1 Å². The summed E-state index contributed by atoms with van der Waals surface area (Å²) in [6.07, 6.45) is 2.63. The number of nitrogens with zero attached hydrogens (tertiary/aromatic N) is 2. The predicted octanol–water partition coefficient (Wildman–Crippen LogP) is 4.13. The number of aromatic nitrogens is 1. The average molecular weight is 403 g/mol. The fourth-order valence-corrected chi connectivity index (χ4v) is 3.74. The Hall–Kier alpha value is -3.20. The lowest BCUT2D eigenvalue weighted by Crippen LogP contribution is -2.46. The number of rotatable bonds is 6. The number of morpholine rings is 1. The molecule has 0 amide bonds. The molecule has 0 radical (unpaired) electrons. The molecular weight excluding hydrogens is 384 g/mol. The molecule has 2 heterocycles. The molecule has 3 aromatic rings. The smallest absolute Gasteiger partial charge is 0.387 e. The number of aromatic amines is 1. The Bertz CT molecular complexity index is 1020. The summed E-state index contributed by atoms with van der Waals surface area (Å²) < 4.78 is 35.5. The summed E-state index contributed by atoms with van der Waals surface area (Å²) in [6, 6.07) is 12.0. The van der Waals surface area contributed by atoms with Crippen LogP contribution in [0.25, 0.3) is 10.9 Å². The fourth-order valence-electron chi connectivity index (χ4n) is 3.74. The zero-order valence-electron chi connectivity index (χ0n) is 15.4. The third-order valence-electron chi connectivity index (χ3n) is 5.05. The minimum absolute atomic E-state index is 0.0520. The van der Waals surface area contributed by atoms with Crippen molar-refractivity contribution < 1.29 is 23.2 Å². The Kier molecular flexibility index (Phi) is 5.30. The van der Waals surface area contributed by atoms with Gasteiger partial charge in [0.2, 0.25) is 5.75 Å². The summed E-state index contributed by atoms with van der Waals surface area (Å²) in [5.74, 6) is -0.445. The third kappa shape index (κ3) is 4.00. The molecule has 4 rings (SSSR count). The van der Waals surface area contributed by atoms with Gasteiger partial charge in [-0.3, -0.25) is 10.1 Å². The van der Waals surface area contributed by atoms with Crippen molar-refractivity contribution in [3.63, 3.8) is 0 Å². The summed E-state index contributed by atoms with van der Waals surface area (Å²) in [7, 11) is 0. The van der Waals surface area contributed by atoms with E-state index >= 15 is 0 Å². The fraction of sp³-hybridized carbons (Fsp3) is 0.300. The maximum atomic E-state index is 12.7. The van der Waals surface area contributed by atoms with E-state index in [-0.39, 0.29) is 6.04 Å². The molecule has 29 heavy (non-hydrogen) atoms. The van der Waals surface area contributed by atoms with E-state index in [9.17, 15) is 18.9 Å². The molecule has 0 aliphatic carbocycles. The largest absolute Gasteiger partial charge is 0.427 e. The molecule has 1 aliphatic heterocycles. The van der Waals surface area contributed by atoms with Crippen LogP contribution < -0.4 is 9.64 Å². The van der Waals surface area contributed by atoms with Crippen molar-refractivity contribution in [2.24, 2.45) is 0 Å². The van der Waals surface area contributed by atoms with E-state index in [1.165, 1.54) is 12.1 Å². The number of hydrogen-bond donors (Lipinski definition) is 1. The van der Waals surface area contributed by atoms with Crippen molar-refractivity contribution in [1.29, 1.82) is 0 Å². The number of ether oxygens (including phenoxy) is 2. The van der Waals surface area contributed by atoms with Crippen LogP contribution in [0.15, 0.2) is 48.7 Å². The summed E-state index contributed by atoms with van der Waals surface area (Å²) in [4.78, 5) is 15.7. The normalized spacial score (nSPS) is 17.1. The van der Waals surface area contributed by atoms with Crippen LogP contribution in [-0.4, -0.2) is 42.3 Å². The highest BCUT2D eigenvalue weighted by Crippen LogP contribution is 2.34. The van der Waals surface area contributed by atoms with Crippen molar-refractivity contribution in [1.82, 2.24) is 4.98 Å². The van der Waals surface area contributed by atoms with Gasteiger partial charge in [0.15, 0.2) is 0 Å². The van der Waals surface area contributed by atoms with Crippen molar-refractivity contribution in [3.8, 4) is 5.75 Å². The number of halogens is 2. The number of fused-ring (bicyclic) bond motifs is 1. The van der Waals surface area contributed by atoms with Crippen LogP contribution in [0.5, 0.6) is 5.75 Å². The number of anilines is 1. The molecule has 0 bridgehead atoms. The molecule has 9 heteroatoms. The monoisotopic (exact) mass is 403 g/mol. The van der Waals surface area contributed by atoms with E-state index in [2.05, 4.69) is 9.72 Å². The molecule has 152 valence electrons.